The van der Waals surface area contributed by atoms with Gasteiger partial charge in [-0.3, -0.25) is 9.36 Å². The molecular weight excluding hydrogens is 436 g/mol. The normalized spacial score (nSPS) is 17.7. The van der Waals surface area contributed by atoms with Crippen LogP contribution in [0.3, 0.4) is 0 Å². The van der Waals surface area contributed by atoms with Crippen LogP contribution in [0.25, 0.3) is 17.1 Å². The number of aryl methyl sites for hydroxylation is 1. The van der Waals surface area contributed by atoms with Crippen LogP contribution in [0.2, 0.25) is 0 Å². The van der Waals surface area contributed by atoms with Crippen LogP contribution < -0.4 is 0 Å². The molecule has 1 aliphatic rings. The summed E-state index contributed by atoms with van der Waals surface area (Å²) >= 11 is 1.29. The molecule has 1 atom stereocenters. The monoisotopic (exact) mass is 460 g/mol. The Morgan fingerprint density at radius 3 is 2.65 bits per heavy atom. The molecule has 1 saturated heterocycles. The Balaban J connectivity index is 1.58. The van der Waals surface area contributed by atoms with Crippen molar-refractivity contribution >= 4 is 27.5 Å². The zero-order chi connectivity index (χ0) is 22.0. The second-order valence-electron chi connectivity index (χ2n) is 7.39. The van der Waals surface area contributed by atoms with Crippen molar-refractivity contribution in [2.45, 2.75) is 31.5 Å². The second kappa shape index (κ2) is 8.88. The molecule has 4 rings (SSSR count). The molecule has 1 aromatic carbocycles. The van der Waals surface area contributed by atoms with Gasteiger partial charge in [0.25, 0.3) is 0 Å². The summed E-state index contributed by atoms with van der Waals surface area (Å²) in [5, 5.41) is 9.29. The van der Waals surface area contributed by atoms with Gasteiger partial charge < -0.3 is 9.32 Å². The molecule has 0 N–H and O–H groups in total. The van der Waals surface area contributed by atoms with Crippen molar-refractivity contribution in [3.05, 3.63) is 48.4 Å². The summed E-state index contributed by atoms with van der Waals surface area (Å²) < 4.78 is 31.0. The molecule has 0 aliphatic carbocycles. The lowest BCUT2D eigenvalue weighted by atomic mass is 10.2. The van der Waals surface area contributed by atoms with Crippen LogP contribution in [-0.4, -0.2) is 63.8 Å². The maximum atomic E-state index is 12.9. The molecule has 0 spiro atoms. The number of para-hydroxylation sites is 1. The van der Waals surface area contributed by atoms with E-state index in [9.17, 15) is 13.2 Å². The van der Waals surface area contributed by atoms with Gasteiger partial charge in [-0.1, -0.05) is 30.0 Å². The van der Waals surface area contributed by atoms with E-state index in [0.717, 1.165) is 17.0 Å². The number of furan rings is 1. The lowest BCUT2D eigenvalue weighted by Crippen LogP contribution is -2.42. The minimum absolute atomic E-state index is 0.0430. The fourth-order valence-corrected chi connectivity index (χ4v) is 6.40. The molecule has 0 saturated carbocycles. The van der Waals surface area contributed by atoms with Crippen molar-refractivity contribution in [1.29, 1.82) is 0 Å². The van der Waals surface area contributed by atoms with Crippen molar-refractivity contribution in [2.24, 2.45) is 0 Å². The molecular formula is C21H24N4O4S2. The minimum atomic E-state index is -3.06. The van der Waals surface area contributed by atoms with Crippen molar-refractivity contribution in [1.82, 2.24) is 19.7 Å². The Bertz CT molecular complexity index is 1170. The number of benzene rings is 1. The van der Waals surface area contributed by atoms with Gasteiger partial charge in [0.1, 0.15) is 5.76 Å². The third-order valence-corrected chi connectivity index (χ3v) is 8.05. The Morgan fingerprint density at radius 1 is 1.26 bits per heavy atom. The summed E-state index contributed by atoms with van der Waals surface area (Å²) in [6, 6.07) is 11.3. The number of carbonyl (C=O) groups is 1. The van der Waals surface area contributed by atoms with Crippen molar-refractivity contribution in [3.63, 3.8) is 0 Å². The fourth-order valence-electron chi connectivity index (χ4n) is 3.83. The highest BCUT2D eigenvalue weighted by atomic mass is 32.2. The van der Waals surface area contributed by atoms with Crippen molar-refractivity contribution in [3.8, 4) is 17.1 Å². The van der Waals surface area contributed by atoms with Gasteiger partial charge in [-0.2, -0.15) is 0 Å². The predicted molar refractivity (Wildman–Crippen MR) is 119 cm³/mol. The highest BCUT2D eigenvalue weighted by molar-refractivity contribution is 7.99. The molecule has 1 aliphatic heterocycles. The zero-order valence-corrected chi connectivity index (χ0v) is 19.0. The van der Waals surface area contributed by atoms with Gasteiger partial charge in [-0.05, 0) is 38.5 Å². The Kier molecular flexibility index (Phi) is 6.19. The third kappa shape index (κ3) is 4.54. The summed E-state index contributed by atoms with van der Waals surface area (Å²) in [7, 11) is -3.06. The molecule has 2 aromatic heterocycles. The van der Waals surface area contributed by atoms with E-state index in [0.29, 0.717) is 23.9 Å². The first-order chi connectivity index (χ1) is 14.9. The van der Waals surface area contributed by atoms with E-state index in [2.05, 4.69) is 10.2 Å². The van der Waals surface area contributed by atoms with Crippen LogP contribution in [0.15, 0.2) is 52.2 Å². The van der Waals surface area contributed by atoms with Gasteiger partial charge in [0.05, 0.1) is 29.1 Å². The largest absolute Gasteiger partial charge is 0.469 e. The van der Waals surface area contributed by atoms with Crippen LogP contribution in [0.1, 0.15) is 19.1 Å². The van der Waals surface area contributed by atoms with Gasteiger partial charge in [-0.25, -0.2) is 8.42 Å². The third-order valence-electron chi connectivity index (χ3n) is 5.38. The Labute approximate surface area is 185 Å². The number of aromatic nitrogens is 3. The van der Waals surface area contributed by atoms with Gasteiger partial charge in [0.2, 0.25) is 5.91 Å². The molecule has 0 radical (unpaired) electrons. The van der Waals surface area contributed by atoms with E-state index in [1.54, 1.807) is 11.2 Å². The average molecular weight is 461 g/mol. The highest BCUT2D eigenvalue weighted by Crippen LogP contribution is 2.30. The fraction of sp³-hybridized carbons (Fsp3) is 0.381. The quantitative estimate of drug-likeness (QED) is 0.500. The van der Waals surface area contributed by atoms with Crippen LogP contribution in [0, 0.1) is 6.92 Å². The highest BCUT2D eigenvalue weighted by Gasteiger charge is 2.34. The van der Waals surface area contributed by atoms with E-state index < -0.39 is 9.84 Å². The van der Waals surface area contributed by atoms with Gasteiger partial charge in [-0.15, -0.1) is 10.2 Å². The Hall–Kier alpha value is -2.59. The summed E-state index contributed by atoms with van der Waals surface area (Å²) in [6.07, 6.45) is 2.11. The standard InChI is InChI=1S/C21H24N4O4S2/c1-3-24(17-10-12-31(27,28)14-17)19(26)13-30-21-23-22-20(18-9-11-29-15(18)2)25(21)16-7-5-4-6-8-16/h4-9,11,17H,3,10,12-14H2,1-2H3/t17-/m1/s1. The van der Waals surface area contributed by atoms with Crippen LogP contribution in [-0.2, 0) is 14.6 Å². The molecule has 10 heteroatoms. The topological polar surface area (TPSA) is 98.3 Å². The molecule has 0 bridgehead atoms. The van der Waals surface area contributed by atoms with E-state index in [1.165, 1.54) is 11.8 Å². The number of hydrogen-bond acceptors (Lipinski definition) is 7. The van der Waals surface area contributed by atoms with E-state index in [1.807, 2.05) is 54.8 Å². The molecule has 0 unspecified atom stereocenters. The lowest BCUT2D eigenvalue weighted by molar-refractivity contribution is -0.129. The molecule has 1 fully saturated rings. The van der Waals surface area contributed by atoms with Gasteiger partial charge in [0.15, 0.2) is 20.8 Å². The van der Waals surface area contributed by atoms with E-state index in [-0.39, 0.29) is 29.2 Å². The SMILES string of the molecule is CCN(C(=O)CSc1nnc(-c2ccoc2C)n1-c1ccccc1)[C@@H]1CCS(=O)(=O)C1. The number of sulfone groups is 1. The molecule has 31 heavy (non-hydrogen) atoms. The zero-order valence-electron chi connectivity index (χ0n) is 17.4. The number of nitrogens with zero attached hydrogens (tertiary/aromatic N) is 4. The summed E-state index contributed by atoms with van der Waals surface area (Å²) in [5.74, 6) is 1.61. The van der Waals surface area contributed by atoms with E-state index in [4.69, 9.17) is 4.42 Å². The first kappa shape index (κ1) is 21.6. The van der Waals surface area contributed by atoms with Crippen LogP contribution in [0.5, 0.6) is 0 Å². The smallest absolute Gasteiger partial charge is 0.233 e. The number of thioether (sulfide) groups is 1. The molecule has 8 nitrogen and oxygen atoms in total. The van der Waals surface area contributed by atoms with Gasteiger partial charge >= 0.3 is 0 Å². The first-order valence-corrected chi connectivity index (χ1v) is 12.9. The number of rotatable bonds is 7. The van der Waals surface area contributed by atoms with Crippen molar-refractivity contribution < 1.29 is 17.6 Å². The lowest BCUT2D eigenvalue weighted by Gasteiger charge is -2.26. The Morgan fingerprint density at radius 2 is 2.03 bits per heavy atom. The van der Waals surface area contributed by atoms with Gasteiger partial charge in [0, 0.05) is 18.3 Å². The summed E-state index contributed by atoms with van der Waals surface area (Å²) in [6.45, 7) is 4.22. The average Bonchev–Trinajstić information content (AvgIpc) is 3.45. The summed E-state index contributed by atoms with van der Waals surface area (Å²) in [5.41, 5.74) is 1.72. The predicted octanol–water partition coefficient (Wildman–Crippen LogP) is 2.96. The first-order valence-electron chi connectivity index (χ1n) is 10.1. The maximum absolute atomic E-state index is 12.9. The minimum Gasteiger partial charge on any atom is -0.469 e. The van der Waals surface area contributed by atoms with E-state index >= 15 is 0 Å². The maximum Gasteiger partial charge on any atom is 0.233 e. The second-order valence-corrected chi connectivity index (χ2v) is 10.6. The number of hydrogen-bond donors (Lipinski definition) is 0. The number of amides is 1. The van der Waals surface area contributed by atoms with Crippen LogP contribution in [0.4, 0.5) is 0 Å². The molecule has 3 heterocycles. The molecule has 164 valence electrons. The molecule has 3 aromatic rings. The summed E-state index contributed by atoms with van der Waals surface area (Å²) in [4.78, 5) is 14.6. The van der Waals surface area contributed by atoms with Crippen LogP contribution >= 0.6 is 11.8 Å². The number of carbonyl (C=O) groups excluding carboxylic acids is 1. The van der Waals surface area contributed by atoms with Crippen molar-refractivity contribution in [2.75, 3.05) is 23.8 Å². The molecule has 1 amide bonds.